The molecule has 15 heavy (non-hydrogen) atoms. The van der Waals surface area contributed by atoms with E-state index in [1.165, 1.54) is 11.3 Å². The molecule has 2 aromatic rings. The van der Waals surface area contributed by atoms with Crippen LogP contribution in [-0.4, -0.2) is 0 Å². The van der Waals surface area contributed by atoms with E-state index in [1.54, 1.807) is 12.1 Å². The molecule has 0 saturated heterocycles. The van der Waals surface area contributed by atoms with E-state index in [0.29, 0.717) is 11.1 Å². The van der Waals surface area contributed by atoms with Crippen molar-refractivity contribution in [3.05, 3.63) is 46.8 Å². The van der Waals surface area contributed by atoms with Crippen molar-refractivity contribution >= 4 is 11.3 Å². The van der Waals surface area contributed by atoms with Gasteiger partial charge in [0.2, 0.25) is 0 Å². The Morgan fingerprint density at radius 1 is 1.07 bits per heavy atom. The predicted octanol–water partition coefficient (Wildman–Crippen LogP) is 2.96. The van der Waals surface area contributed by atoms with Crippen molar-refractivity contribution in [2.24, 2.45) is 0 Å². The first kappa shape index (κ1) is 9.45. The number of rotatable bonds is 1. The van der Waals surface area contributed by atoms with E-state index in [9.17, 15) is 0 Å². The first-order valence-electron chi connectivity index (χ1n) is 4.25. The van der Waals surface area contributed by atoms with Gasteiger partial charge in [0, 0.05) is 10.3 Å². The Balaban J connectivity index is 2.56. The Morgan fingerprint density at radius 3 is 2.47 bits per heavy atom. The van der Waals surface area contributed by atoms with Gasteiger partial charge < -0.3 is 0 Å². The van der Waals surface area contributed by atoms with Crippen molar-refractivity contribution < 1.29 is 0 Å². The van der Waals surface area contributed by atoms with Gasteiger partial charge >= 0.3 is 0 Å². The minimum atomic E-state index is 0.418. The van der Waals surface area contributed by atoms with Crippen LogP contribution < -0.4 is 0 Å². The van der Waals surface area contributed by atoms with Crippen molar-refractivity contribution in [2.45, 2.75) is 0 Å². The SMILES string of the molecule is N#Cc1ccc(-c2cc[c]s2)cc1C#N. The fourth-order valence-electron chi connectivity index (χ4n) is 1.28. The largest absolute Gasteiger partial charge is 0.192 e. The summed E-state index contributed by atoms with van der Waals surface area (Å²) in [4.78, 5) is 1.05. The van der Waals surface area contributed by atoms with Gasteiger partial charge in [-0.05, 0) is 29.8 Å². The summed E-state index contributed by atoms with van der Waals surface area (Å²) in [6, 6.07) is 13.0. The average molecular weight is 209 g/mol. The van der Waals surface area contributed by atoms with Gasteiger partial charge in [-0.25, -0.2) is 0 Å². The predicted molar refractivity (Wildman–Crippen MR) is 58.0 cm³/mol. The molecule has 0 fully saturated rings. The summed E-state index contributed by atoms with van der Waals surface area (Å²) >= 11 is 1.49. The van der Waals surface area contributed by atoms with Crippen LogP contribution in [0.5, 0.6) is 0 Å². The average Bonchev–Trinajstić information content (AvgIpc) is 2.81. The molecule has 0 saturated carbocycles. The Bertz CT molecular complexity index is 556. The van der Waals surface area contributed by atoms with Crippen molar-refractivity contribution in [1.29, 1.82) is 10.5 Å². The molecule has 0 aliphatic heterocycles. The van der Waals surface area contributed by atoms with Crippen LogP contribution in [0.1, 0.15) is 11.1 Å². The second-order valence-corrected chi connectivity index (χ2v) is 3.78. The van der Waals surface area contributed by atoms with E-state index in [2.05, 4.69) is 5.38 Å². The number of hydrogen-bond acceptors (Lipinski definition) is 3. The summed E-state index contributed by atoms with van der Waals surface area (Å²) in [7, 11) is 0. The van der Waals surface area contributed by atoms with Gasteiger partial charge in [-0.3, -0.25) is 0 Å². The van der Waals surface area contributed by atoms with Gasteiger partial charge in [-0.15, -0.1) is 11.3 Å². The van der Waals surface area contributed by atoms with Gasteiger partial charge in [-0.1, -0.05) is 6.07 Å². The molecule has 2 nitrogen and oxygen atoms in total. The Hall–Kier alpha value is -2.10. The normalized spacial score (nSPS) is 9.20. The van der Waals surface area contributed by atoms with E-state index in [-0.39, 0.29) is 0 Å². The molecule has 0 aliphatic carbocycles. The van der Waals surface area contributed by atoms with E-state index >= 15 is 0 Å². The van der Waals surface area contributed by atoms with Crippen molar-refractivity contribution in [1.82, 2.24) is 0 Å². The minimum Gasteiger partial charge on any atom is -0.192 e. The third-order valence-corrected chi connectivity index (χ3v) is 2.86. The highest BCUT2D eigenvalue weighted by Crippen LogP contribution is 2.25. The highest BCUT2D eigenvalue weighted by molar-refractivity contribution is 7.13. The minimum absolute atomic E-state index is 0.418. The molecular formula is C12H5N2S. The maximum Gasteiger partial charge on any atom is 0.101 e. The topological polar surface area (TPSA) is 47.6 Å². The summed E-state index contributed by atoms with van der Waals surface area (Å²) < 4.78 is 0. The monoisotopic (exact) mass is 209 g/mol. The molecule has 0 N–H and O–H groups in total. The van der Waals surface area contributed by atoms with Gasteiger partial charge in [0.15, 0.2) is 0 Å². The van der Waals surface area contributed by atoms with Crippen LogP contribution in [0, 0.1) is 28.0 Å². The van der Waals surface area contributed by atoms with E-state index in [0.717, 1.165) is 10.4 Å². The molecule has 0 amide bonds. The smallest absolute Gasteiger partial charge is 0.101 e. The van der Waals surface area contributed by atoms with Crippen LogP contribution in [0.4, 0.5) is 0 Å². The first-order chi connectivity index (χ1) is 7.35. The fraction of sp³-hybridized carbons (Fsp3) is 0. The zero-order chi connectivity index (χ0) is 10.7. The molecular weight excluding hydrogens is 204 g/mol. The van der Waals surface area contributed by atoms with Gasteiger partial charge in [0.1, 0.15) is 12.1 Å². The molecule has 1 aromatic heterocycles. The Kier molecular flexibility index (Phi) is 2.49. The number of nitrogens with zero attached hydrogens (tertiary/aromatic N) is 2. The van der Waals surface area contributed by atoms with Gasteiger partial charge in [-0.2, -0.15) is 10.5 Å². The lowest BCUT2D eigenvalue weighted by molar-refractivity contribution is 1.43. The second-order valence-electron chi connectivity index (χ2n) is 2.90. The standard InChI is InChI=1S/C12H5N2S/c13-7-10-4-3-9(6-11(10)8-14)12-2-1-5-15-12/h1-4,6H. The third kappa shape index (κ3) is 1.74. The molecule has 3 heteroatoms. The quantitative estimate of drug-likeness (QED) is 0.724. The van der Waals surface area contributed by atoms with E-state index in [4.69, 9.17) is 10.5 Å². The van der Waals surface area contributed by atoms with Crippen LogP contribution >= 0.6 is 11.3 Å². The molecule has 1 heterocycles. The number of hydrogen-bond donors (Lipinski definition) is 0. The maximum atomic E-state index is 8.87. The molecule has 69 valence electrons. The van der Waals surface area contributed by atoms with E-state index in [1.807, 2.05) is 30.3 Å². The fourth-order valence-corrected chi connectivity index (χ4v) is 1.93. The lowest BCUT2D eigenvalue weighted by Gasteiger charge is -1.99. The third-order valence-electron chi connectivity index (χ3n) is 2.02. The summed E-state index contributed by atoms with van der Waals surface area (Å²) in [5.41, 5.74) is 1.79. The molecule has 0 atom stereocenters. The molecule has 0 aliphatic rings. The molecule has 1 radical (unpaired) electrons. The number of nitriles is 2. The molecule has 1 aromatic carbocycles. The van der Waals surface area contributed by atoms with Crippen molar-refractivity contribution in [3.63, 3.8) is 0 Å². The van der Waals surface area contributed by atoms with Crippen LogP contribution in [0.2, 0.25) is 0 Å². The molecule has 0 bridgehead atoms. The Morgan fingerprint density at radius 2 is 1.87 bits per heavy atom. The molecule has 2 rings (SSSR count). The van der Waals surface area contributed by atoms with Crippen LogP contribution in [-0.2, 0) is 0 Å². The summed E-state index contributed by atoms with van der Waals surface area (Å²) in [5, 5.41) is 20.6. The van der Waals surface area contributed by atoms with Crippen molar-refractivity contribution in [2.75, 3.05) is 0 Å². The maximum absolute atomic E-state index is 8.87. The van der Waals surface area contributed by atoms with Crippen molar-refractivity contribution in [3.8, 4) is 22.6 Å². The summed E-state index contributed by atoms with van der Waals surface area (Å²) in [6.45, 7) is 0. The van der Waals surface area contributed by atoms with Crippen LogP contribution in [0.25, 0.3) is 10.4 Å². The highest BCUT2D eigenvalue weighted by Gasteiger charge is 2.04. The first-order valence-corrected chi connectivity index (χ1v) is 5.07. The molecule has 0 spiro atoms. The Labute approximate surface area is 91.6 Å². The molecule has 0 unspecified atom stereocenters. The zero-order valence-electron chi connectivity index (χ0n) is 7.69. The van der Waals surface area contributed by atoms with Gasteiger partial charge in [0.05, 0.1) is 11.1 Å². The summed E-state index contributed by atoms with van der Waals surface area (Å²) in [5.74, 6) is 0. The van der Waals surface area contributed by atoms with Crippen LogP contribution in [0.3, 0.4) is 0 Å². The summed E-state index contributed by atoms with van der Waals surface area (Å²) in [6.07, 6.45) is 0. The van der Waals surface area contributed by atoms with Gasteiger partial charge in [0.25, 0.3) is 0 Å². The number of thiophene rings is 1. The highest BCUT2D eigenvalue weighted by atomic mass is 32.1. The van der Waals surface area contributed by atoms with Crippen LogP contribution in [0.15, 0.2) is 30.3 Å². The number of benzene rings is 1. The zero-order valence-corrected chi connectivity index (χ0v) is 8.51. The lowest BCUT2D eigenvalue weighted by Crippen LogP contribution is -1.84. The van der Waals surface area contributed by atoms with E-state index < -0.39 is 0 Å². The second kappa shape index (κ2) is 3.96. The lowest BCUT2D eigenvalue weighted by atomic mass is 10.0.